The molecule has 0 bridgehead atoms. The molecule has 4 nitrogen and oxygen atoms in total. The standard InChI is InChI=1S/C23H23BrN2O2/c24-17-10-12-18(13-11-17)25-22(27)15-26-14-20(19-8-4-5-9-21(19)26)23(28)16-6-2-1-3-7-16/h4-5,8-14,16H,1-3,6-7,15H2,(H,25,27). The van der Waals surface area contributed by atoms with Gasteiger partial charge in [0.15, 0.2) is 5.78 Å². The van der Waals surface area contributed by atoms with E-state index in [2.05, 4.69) is 21.2 Å². The normalized spacial score (nSPS) is 14.9. The minimum atomic E-state index is -0.111. The summed E-state index contributed by atoms with van der Waals surface area (Å²) in [6, 6.07) is 15.3. The van der Waals surface area contributed by atoms with Crippen LogP contribution in [0.5, 0.6) is 0 Å². The number of ketones is 1. The van der Waals surface area contributed by atoms with Crippen LogP contribution in [0.1, 0.15) is 42.5 Å². The number of nitrogens with zero attached hydrogens (tertiary/aromatic N) is 1. The van der Waals surface area contributed by atoms with Gasteiger partial charge >= 0.3 is 0 Å². The monoisotopic (exact) mass is 438 g/mol. The number of hydrogen-bond donors (Lipinski definition) is 1. The van der Waals surface area contributed by atoms with Gasteiger partial charge in [0.25, 0.3) is 0 Å². The van der Waals surface area contributed by atoms with Crippen LogP contribution < -0.4 is 5.32 Å². The maximum Gasteiger partial charge on any atom is 0.244 e. The molecule has 28 heavy (non-hydrogen) atoms. The van der Waals surface area contributed by atoms with Gasteiger partial charge in [0.1, 0.15) is 6.54 Å². The van der Waals surface area contributed by atoms with E-state index < -0.39 is 0 Å². The topological polar surface area (TPSA) is 51.1 Å². The molecule has 0 spiro atoms. The van der Waals surface area contributed by atoms with Gasteiger partial charge in [-0.1, -0.05) is 53.4 Å². The molecule has 0 atom stereocenters. The van der Waals surface area contributed by atoms with E-state index in [1.54, 1.807) is 0 Å². The molecule has 5 heteroatoms. The lowest BCUT2D eigenvalue weighted by Gasteiger charge is -2.19. The Balaban J connectivity index is 1.58. The van der Waals surface area contributed by atoms with Crippen molar-refractivity contribution in [3.63, 3.8) is 0 Å². The second kappa shape index (κ2) is 8.31. The predicted octanol–water partition coefficient (Wildman–Crippen LogP) is 5.81. The van der Waals surface area contributed by atoms with Crippen molar-refractivity contribution in [3.05, 3.63) is 64.8 Å². The summed E-state index contributed by atoms with van der Waals surface area (Å²) in [6.45, 7) is 0.175. The number of amides is 1. The second-order valence-corrected chi connectivity index (χ2v) is 8.36. The highest BCUT2D eigenvalue weighted by molar-refractivity contribution is 9.10. The zero-order chi connectivity index (χ0) is 19.5. The number of anilines is 1. The third-order valence-corrected chi connectivity index (χ3v) is 6.00. The fraction of sp³-hybridized carbons (Fsp3) is 0.304. The van der Waals surface area contributed by atoms with Gasteiger partial charge in [0.2, 0.25) is 5.91 Å². The number of para-hydroxylation sites is 1. The first kappa shape index (κ1) is 18.9. The first-order valence-corrected chi connectivity index (χ1v) is 10.6. The zero-order valence-electron chi connectivity index (χ0n) is 15.7. The van der Waals surface area contributed by atoms with Gasteiger partial charge in [-0.2, -0.15) is 0 Å². The number of Topliss-reactive ketones (excluding diaryl/α,β-unsaturated/α-hetero) is 1. The molecule has 1 fully saturated rings. The van der Waals surface area contributed by atoms with E-state index in [-0.39, 0.29) is 24.2 Å². The maximum atomic E-state index is 13.1. The van der Waals surface area contributed by atoms with Crippen molar-refractivity contribution >= 4 is 44.2 Å². The van der Waals surface area contributed by atoms with E-state index in [1.165, 1.54) is 6.42 Å². The van der Waals surface area contributed by atoms with Crippen LogP contribution in [0.15, 0.2) is 59.2 Å². The largest absolute Gasteiger partial charge is 0.337 e. The molecule has 1 aliphatic carbocycles. The molecule has 1 aromatic heterocycles. The number of fused-ring (bicyclic) bond motifs is 1. The molecule has 1 saturated carbocycles. The predicted molar refractivity (Wildman–Crippen MR) is 116 cm³/mol. The summed E-state index contributed by atoms with van der Waals surface area (Å²) in [7, 11) is 0. The minimum absolute atomic E-state index is 0.111. The molecular weight excluding hydrogens is 416 g/mol. The molecule has 144 valence electrons. The highest BCUT2D eigenvalue weighted by Gasteiger charge is 2.25. The lowest BCUT2D eigenvalue weighted by atomic mass is 9.84. The van der Waals surface area contributed by atoms with Crippen molar-refractivity contribution in [3.8, 4) is 0 Å². The molecule has 0 saturated heterocycles. The number of carbonyl (C=O) groups is 2. The number of carbonyl (C=O) groups excluding carboxylic acids is 2. The number of hydrogen-bond acceptors (Lipinski definition) is 2. The van der Waals surface area contributed by atoms with E-state index in [1.807, 2.05) is 59.3 Å². The van der Waals surface area contributed by atoms with Gasteiger partial charge in [-0.15, -0.1) is 0 Å². The average molecular weight is 439 g/mol. The van der Waals surface area contributed by atoms with Crippen LogP contribution in [0.2, 0.25) is 0 Å². The second-order valence-electron chi connectivity index (χ2n) is 7.44. The average Bonchev–Trinajstić information content (AvgIpc) is 3.08. The first-order chi connectivity index (χ1) is 13.6. The van der Waals surface area contributed by atoms with E-state index in [4.69, 9.17) is 0 Å². The van der Waals surface area contributed by atoms with Gasteiger partial charge in [0, 0.05) is 38.7 Å². The number of aromatic nitrogens is 1. The zero-order valence-corrected chi connectivity index (χ0v) is 17.2. The highest BCUT2D eigenvalue weighted by Crippen LogP contribution is 2.30. The molecule has 2 aromatic carbocycles. The van der Waals surface area contributed by atoms with Gasteiger partial charge < -0.3 is 9.88 Å². The van der Waals surface area contributed by atoms with E-state index in [9.17, 15) is 9.59 Å². The Morgan fingerprint density at radius 1 is 1.00 bits per heavy atom. The van der Waals surface area contributed by atoms with Gasteiger partial charge in [-0.25, -0.2) is 0 Å². The minimum Gasteiger partial charge on any atom is -0.337 e. The maximum absolute atomic E-state index is 13.1. The molecule has 1 heterocycles. The number of nitrogens with one attached hydrogen (secondary N) is 1. The summed E-state index contributed by atoms with van der Waals surface area (Å²) in [5, 5.41) is 3.86. The van der Waals surface area contributed by atoms with Gasteiger partial charge in [-0.05, 0) is 43.2 Å². The van der Waals surface area contributed by atoms with Crippen molar-refractivity contribution in [2.45, 2.75) is 38.6 Å². The summed E-state index contributed by atoms with van der Waals surface area (Å²) >= 11 is 3.39. The molecule has 1 N–H and O–H groups in total. The van der Waals surface area contributed by atoms with E-state index in [0.717, 1.165) is 52.3 Å². The Labute approximate surface area is 173 Å². The molecule has 3 aromatic rings. The lowest BCUT2D eigenvalue weighted by Crippen LogP contribution is -2.19. The summed E-state index contributed by atoms with van der Waals surface area (Å²) in [5.74, 6) is 0.229. The molecular formula is C23H23BrN2O2. The van der Waals surface area contributed by atoms with Crippen molar-refractivity contribution in [1.82, 2.24) is 4.57 Å². The van der Waals surface area contributed by atoms with Crippen molar-refractivity contribution in [1.29, 1.82) is 0 Å². The summed E-state index contributed by atoms with van der Waals surface area (Å²) < 4.78 is 2.85. The Kier molecular flexibility index (Phi) is 5.62. The SMILES string of the molecule is O=C(Cn1cc(C(=O)C2CCCCC2)c2ccccc21)Nc1ccc(Br)cc1. The van der Waals surface area contributed by atoms with Crippen molar-refractivity contribution < 1.29 is 9.59 Å². The Bertz CT molecular complexity index is 1000. The highest BCUT2D eigenvalue weighted by atomic mass is 79.9. The van der Waals surface area contributed by atoms with Crippen LogP contribution in [-0.2, 0) is 11.3 Å². The van der Waals surface area contributed by atoms with Crippen LogP contribution in [0.25, 0.3) is 10.9 Å². The fourth-order valence-electron chi connectivity index (χ4n) is 4.05. The lowest BCUT2D eigenvalue weighted by molar-refractivity contribution is -0.116. The molecule has 1 aliphatic rings. The number of halogens is 1. The van der Waals surface area contributed by atoms with E-state index >= 15 is 0 Å². The van der Waals surface area contributed by atoms with Crippen LogP contribution in [0.3, 0.4) is 0 Å². The first-order valence-electron chi connectivity index (χ1n) is 9.79. The van der Waals surface area contributed by atoms with Crippen LogP contribution in [0.4, 0.5) is 5.69 Å². The molecule has 4 rings (SSSR count). The van der Waals surface area contributed by atoms with Gasteiger partial charge in [-0.3, -0.25) is 9.59 Å². The van der Waals surface area contributed by atoms with Gasteiger partial charge in [0.05, 0.1) is 0 Å². The van der Waals surface area contributed by atoms with Crippen molar-refractivity contribution in [2.24, 2.45) is 5.92 Å². The Morgan fingerprint density at radius 2 is 1.71 bits per heavy atom. The molecule has 0 radical (unpaired) electrons. The number of rotatable bonds is 5. The summed E-state index contributed by atoms with van der Waals surface area (Å²) in [5.41, 5.74) is 2.43. The van der Waals surface area contributed by atoms with Crippen LogP contribution in [-0.4, -0.2) is 16.3 Å². The Hall–Kier alpha value is -2.40. The van der Waals surface area contributed by atoms with E-state index in [0.29, 0.717) is 0 Å². The summed E-state index contributed by atoms with van der Waals surface area (Å²) in [6.07, 6.45) is 7.30. The molecule has 0 unspecified atom stereocenters. The summed E-state index contributed by atoms with van der Waals surface area (Å²) in [4.78, 5) is 25.7. The smallest absolute Gasteiger partial charge is 0.244 e. The third-order valence-electron chi connectivity index (χ3n) is 5.47. The van der Waals surface area contributed by atoms with Crippen LogP contribution >= 0.6 is 15.9 Å². The molecule has 0 aliphatic heterocycles. The quantitative estimate of drug-likeness (QED) is 0.511. The van der Waals surface area contributed by atoms with Crippen molar-refractivity contribution in [2.75, 3.05) is 5.32 Å². The number of benzene rings is 2. The Morgan fingerprint density at radius 3 is 2.46 bits per heavy atom. The molecule has 1 amide bonds. The third kappa shape index (κ3) is 4.04. The van der Waals surface area contributed by atoms with Crippen LogP contribution in [0, 0.1) is 5.92 Å². The fourth-order valence-corrected chi connectivity index (χ4v) is 4.31.